The second-order valence-corrected chi connectivity index (χ2v) is 7.07. The highest BCUT2D eigenvalue weighted by atomic mass is 16.1. The van der Waals surface area contributed by atoms with E-state index in [0.717, 1.165) is 54.4 Å². The predicted molar refractivity (Wildman–Crippen MR) is 101 cm³/mol. The van der Waals surface area contributed by atoms with Crippen molar-refractivity contribution in [3.05, 3.63) is 46.8 Å². The first-order chi connectivity index (χ1) is 11.9. The molecule has 2 aromatic rings. The van der Waals surface area contributed by atoms with Gasteiger partial charge in [0.2, 0.25) is 5.95 Å². The summed E-state index contributed by atoms with van der Waals surface area (Å²) in [5.74, 6) is 1.22. The molecule has 1 aromatic heterocycles. The van der Waals surface area contributed by atoms with Gasteiger partial charge in [0.1, 0.15) is 5.69 Å². The standard InChI is InChI=1S/C20H26N4O/c1-13-8-10-24(11-9-13)20-21-15(3)12-18(23-20)19(25)22-17-7-5-6-14(2)16(17)4/h5-7,12-13H,8-11H2,1-4H3,(H,22,25). The van der Waals surface area contributed by atoms with Crippen LogP contribution in [0.5, 0.6) is 0 Å². The Balaban J connectivity index is 1.82. The van der Waals surface area contributed by atoms with Gasteiger partial charge in [-0.2, -0.15) is 0 Å². The van der Waals surface area contributed by atoms with E-state index in [0.29, 0.717) is 11.6 Å². The van der Waals surface area contributed by atoms with Gasteiger partial charge in [-0.3, -0.25) is 4.79 Å². The molecule has 1 amide bonds. The largest absolute Gasteiger partial charge is 0.341 e. The van der Waals surface area contributed by atoms with Crippen molar-refractivity contribution in [2.45, 2.75) is 40.5 Å². The molecule has 0 saturated carbocycles. The topological polar surface area (TPSA) is 58.1 Å². The Morgan fingerprint density at radius 3 is 2.60 bits per heavy atom. The van der Waals surface area contributed by atoms with Crippen LogP contribution in [0.2, 0.25) is 0 Å². The van der Waals surface area contributed by atoms with Crippen LogP contribution in [0.15, 0.2) is 24.3 Å². The Morgan fingerprint density at radius 2 is 1.88 bits per heavy atom. The zero-order chi connectivity index (χ0) is 18.0. The first kappa shape index (κ1) is 17.4. The van der Waals surface area contributed by atoms with E-state index in [-0.39, 0.29) is 5.91 Å². The molecule has 0 aliphatic carbocycles. The summed E-state index contributed by atoms with van der Waals surface area (Å²) in [5, 5.41) is 2.98. The molecule has 25 heavy (non-hydrogen) atoms. The number of rotatable bonds is 3. The minimum absolute atomic E-state index is 0.189. The molecular formula is C20H26N4O. The van der Waals surface area contributed by atoms with E-state index in [9.17, 15) is 4.79 Å². The predicted octanol–water partition coefficient (Wildman–Crippen LogP) is 3.89. The van der Waals surface area contributed by atoms with Crippen LogP contribution in [0.4, 0.5) is 11.6 Å². The Labute approximate surface area is 149 Å². The number of anilines is 2. The molecule has 1 aliphatic heterocycles. The third-order valence-corrected chi connectivity index (χ3v) is 4.99. The summed E-state index contributed by atoms with van der Waals surface area (Å²) >= 11 is 0. The van der Waals surface area contributed by atoms with Crippen molar-refractivity contribution < 1.29 is 4.79 Å². The van der Waals surface area contributed by atoms with Gasteiger partial charge < -0.3 is 10.2 Å². The van der Waals surface area contributed by atoms with Crippen LogP contribution in [-0.2, 0) is 0 Å². The fourth-order valence-electron chi connectivity index (χ4n) is 3.09. The van der Waals surface area contributed by atoms with Crippen molar-refractivity contribution in [1.29, 1.82) is 0 Å². The molecule has 5 heteroatoms. The third-order valence-electron chi connectivity index (χ3n) is 4.99. The fraction of sp³-hybridized carbons (Fsp3) is 0.450. The lowest BCUT2D eigenvalue weighted by Gasteiger charge is -2.30. The van der Waals surface area contributed by atoms with Crippen molar-refractivity contribution >= 4 is 17.5 Å². The summed E-state index contributed by atoms with van der Waals surface area (Å²) in [5.41, 5.74) is 4.29. The molecule has 3 rings (SSSR count). The van der Waals surface area contributed by atoms with Crippen molar-refractivity contribution in [1.82, 2.24) is 9.97 Å². The number of aromatic nitrogens is 2. The monoisotopic (exact) mass is 338 g/mol. The van der Waals surface area contributed by atoms with Crippen LogP contribution in [0, 0.1) is 26.7 Å². The normalized spacial score (nSPS) is 15.3. The van der Waals surface area contributed by atoms with Crippen molar-refractivity contribution in [2.24, 2.45) is 5.92 Å². The quantitative estimate of drug-likeness (QED) is 0.922. The molecule has 0 atom stereocenters. The second-order valence-electron chi connectivity index (χ2n) is 7.07. The highest BCUT2D eigenvalue weighted by Gasteiger charge is 2.20. The van der Waals surface area contributed by atoms with Gasteiger partial charge in [-0.15, -0.1) is 0 Å². The second kappa shape index (κ2) is 7.21. The van der Waals surface area contributed by atoms with E-state index >= 15 is 0 Å². The lowest BCUT2D eigenvalue weighted by Crippen LogP contribution is -2.34. The SMILES string of the molecule is Cc1cc(C(=O)Nc2cccc(C)c2C)nc(N2CCC(C)CC2)n1. The molecule has 2 heterocycles. The van der Waals surface area contributed by atoms with Crippen LogP contribution in [-0.4, -0.2) is 29.0 Å². The Morgan fingerprint density at radius 1 is 1.16 bits per heavy atom. The van der Waals surface area contributed by atoms with Gasteiger partial charge in [-0.25, -0.2) is 9.97 Å². The number of benzene rings is 1. The van der Waals surface area contributed by atoms with Crippen LogP contribution < -0.4 is 10.2 Å². The molecule has 0 bridgehead atoms. The van der Waals surface area contributed by atoms with Gasteiger partial charge in [0.15, 0.2) is 0 Å². The minimum atomic E-state index is -0.189. The van der Waals surface area contributed by atoms with Crippen LogP contribution in [0.25, 0.3) is 0 Å². The average molecular weight is 338 g/mol. The van der Waals surface area contributed by atoms with Gasteiger partial charge >= 0.3 is 0 Å². The number of piperidine rings is 1. The maximum atomic E-state index is 12.7. The molecule has 1 saturated heterocycles. The maximum absolute atomic E-state index is 12.7. The van der Waals surface area contributed by atoms with Crippen LogP contribution in [0.1, 0.15) is 47.1 Å². The molecule has 1 N–H and O–H groups in total. The number of nitrogens with zero attached hydrogens (tertiary/aromatic N) is 3. The Hall–Kier alpha value is -2.43. The van der Waals surface area contributed by atoms with Crippen molar-refractivity contribution in [3.63, 3.8) is 0 Å². The molecule has 1 aromatic carbocycles. The van der Waals surface area contributed by atoms with E-state index in [1.165, 1.54) is 0 Å². The van der Waals surface area contributed by atoms with Crippen LogP contribution in [0.3, 0.4) is 0 Å². The van der Waals surface area contributed by atoms with E-state index in [2.05, 4.69) is 27.1 Å². The molecule has 5 nitrogen and oxygen atoms in total. The fourth-order valence-corrected chi connectivity index (χ4v) is 3.09. The van der Waals surface area contributed by atoms with Gasteiger partial charge in [0.05, 0.1) is 0 Å². The van der Waals surface area contributed by atoms with Crippen LogP contribution >= 0.6 is 0 Å². The zero-order valence-corrected chi connectivity index (χ0v) is 15.5. The Bertz CT molecular complexity index is 779. The third kappa shape index (κ3) is 3.98. The summed E-state index contributed by atoms with van der Waals surface area (Å²) in [4.78, 5) is 24.0. The summed E-state index contributed by atoms with van der Waals surface area (Å²) in [6, 6.07) is 7.65. The first-order valence-corrected chi connectivity index (χ1v) is 8.92. The maximum Gasteiger partial charge on any atom is 0.274 e. The van der Waals surface area contributed by atoms with E-state index < -0.39 is 0 Å². The van der Waals surface area contributed by atoms with Gasteiger partial charge in [-0.1, -0.05) is 19.1 Å². The van der Waals surface area contributed by atoms with E-state index in [1.807, 2.05) is 39.0 Å². The summed E-state index contributed by atoms with van der Waals surface area (Å²) in [7, 11) is 0. The van der Waals surface area contributed by atoms with E-state index in [1.54, 1.807) is 6.07 Å². The average Bonchev–Trinajstić information content (AvgIpc) is 2.59. The summed E-state index contributed by atoms with van der Waals surface area (Å²) in [6.07, 6.45) is 2.28. The molecule has 1 fully saturated rings. The van der Waals surface area contributed by atoms with Gasteiger partial charge in [-0.05, 0) is 62.8 Å². The highest BCUT2D eigenvalue weighted by Crippen LogP contribution is 2.22. The number of aryl methyl sites for hydroxylation is 2. The zero-order valence-electron chi connectivity index (χ0n) is 15.5. The molecule has 0 unspecified atom stereocenters. The van der Waals surface area contributed by atoms with Crippen molar-refractivity contribution in [3.8, 4) is 0 Å². The molecule has 0 spiro atoms. The number of hydrogen-bond donors (Lipinski definition) is 1. The minimum Gasteiger partial charge on any atom is -0.341 e. The highest BCUT2D eigenvalue weighted by molar-refractivity contribution is 6.03. The van der Waals surface area contributed by atoms with Gasteiger partial charge in [0.25, 0.3) is 5.91 Å². The van der Waals surface area contributed by atoms with Gasteiger partial charge in [0, 0.05) is 24.5 Å². The summed E-state index contributed by atoms with van der Waals surface area (Å²) < 4.78 is 0. The lowest BCUT2D eigenvalue weighted by atomic mass is 10.00. The first-order valence-electron chi connectivity index (χ1n) is 8.92. The van der Waals surface area contributed by atoms with Crippen molar-refractivity contribution in [2.75, 3.05) is 23.3 Å². The lowest BCUT2D eigenvalue weighted by molar-refractivity contribution is 0.102. The number of amides is 1. The van der Waals surface area contributed by atoms with E-state index in [4.69, 9.17) is 0 Å². The Kier molecular flexibility index (Phi) is 5.02. The molecule has 0 radical (unpaired) electrons. The molecule has 1 aliphatic rings. The number of hydrogen-bond acceptors (Lipinski definition) is 4. The molecule has 132 valence electrons. The number of carbonyl (C=O) groups excluding carboxylic acids is 1. The smallest absolute Gasteiger partial charge is 0.274 e. The number of nitrogens with one attached hydrogen (secondary N) is 1. The number of carbonyl (C=O) groups is 1. The summed E-state index contributed by atoms with van der Waals surface area (Å²) in [6.45, 7) is 10.1. The molecular weight excluding hydrogens is 312 g/mol.